The van der Waals surface area contributed by atoms with E-state index in [1.165, 1.54) is 0 Å². The van der Waals surface area contributed by atoms with Crippen LogP contribution in [0, 0.1) is 12.8 Å². The zero-order valence-electron chi connectivity index (χ0n) is 17.6. The van der Waals surface area contributed by atoms with E-state index in [0.717, 1.165) is 24.0 Å². The minimum atomic E-state index is -5.08. The number of nitrogens with zero attached hydrogens (tertiary/aromatic N) is 2. The molecule has 1 aliphatic carbocycles. The van der Waals surface area contributed by atoms with E-state index in [-0.39, 0.29) is 23.5 Å². The molecule has 7 nitrogen and oxygen atoms in total. The number of halogens is 4. The first-order valence-electron chi connectivity index (χ1n) is 10.4. The van der Waals surface area contributed by atoms with Crippen molar-refractivity contribution in [3.8, 4) is 0 Å². The molecule has 4 rings (SSSR count). The van der Waals surface area contributed by atoms with Gasteiger partial charge in [-0.1, -0.05) is 6.07 Å². The number of hydrogen-bond acceptors (Lipinski definition) is 5. The van der Waals surface area contributed by atoms with Crippen molar-refractivity contribution in [2.45, 2.75) is 63.3 Å². The molecule has 2 aliphatic heterocycles. The van der Waals surface area contributed by atoms with Gasteiger partial charge in [0.05, 0.1) is 25.8 Å². The van der Waals surface area contributed by atoms with Gasteiger partial charge in [0.25, 0.3) is 0 Å². The van der Waals surface area contributed by atoms with Gasteiger partial charge in [-0.3, -0.25) is 9.78 Å². The molecule has 1 spiro atoms. The fraction of sp³-hybridized carbons (Fsp3) is 0.667. The number of alkyl halides is 4. The number of carboxylic acids is 1. The van der Waals surface area contributed by atoms with Gasteiger partial charge in [-0.05, 0) is 37.3 Å². The molecule has 1 N–H and O–H groups in total. The van der Waals surface area contributed by atoms with Crippen LogP contribution in [0.1, 0.15) is 36.8 Å². The van der Waals surface area contributed by atoms with E-state index in [0.29, 0.717) is 39.1 Å². The lowest BCUT2D eigenvalue weighted by Crippen LogP contribution is -2.68. The van der Waals surface area contributed by atoms with E-state index in [1.54, 1.807) is 0 Å². The van der Waals surface area contributed by atoms with Crippen LogP contribution in [0.2, 0.25) is 0 Å². The van der Waals surface area contributed by atoms with Crippen molar-refractivity contribution in [1.29, 1.82) is 0 Å². The molecule has 1 saturated carbocycles. The molecule has 0 aromatic carbocycles. The third-order valence-electron chi connectivity index (χ3n) is 5.81. The quantitative estimate of drug-likeness (QED) is 0.692. The van der Waals surface area contributed by atoms with E-state index < -0.39 is 18.3 Å². The molecule has 0 radical (unpaired) electrons. The predicted molar refractivity (Wildman–Crippen MR) is 103 cm³/mol. The Morgan fingerprint density at radius 2 is 1.97 bits per heavy atom. The third kappa shape index (κ3) is 6.16. The van der Waals surface area contributed by atoms with Crippen molar-refractivity contribution in [1.82, 2.24) is 9.88 Å². The van der Waals surface area contributed by atoms with Crippen LogP contribution >= 0.6 is 0 Å². The number of likely N-dealkylation sites (tertiary alicyclic amines) is 1. The Morgan fingerprint density at radius 1 is 1.31 bits per heavy atom. The lowest BCUT2D eigenvalue weighted by Gasteiger charge is -2.54. The summed E-state index contributed by atoms with van der Waals surface area (Å²) in [6.45, 7) is 4.47. The molecular weight excluding hydrogens is 436 g/mol. The standard InChI is InChI=1S/C19H25FN2O3.C2HF3O2/c1-13-4-14(9-21-8-13)10-24-17-2-3-25-19(7-17)11-22(12-19)18(23)15-5-16(20)6-15;3-2(4,5)1(6)7/h4,8-9,15-17H,2-3,5-7,10-12H2,1H3;(H,6,7). The van der Waals surface area contributed by atoms with Crippen LogP contribution < -0.4 is 0 Å². The second-order valence-electron chi connectivity index (χ2n) is 8.59. The van der Waals surface area contributed by atoms with Crippen molar-refractivity contribution in [2.75, 3.05) is 19.7 Å². The van der Waals surface area contributed by atoms with Crippen molar-refractivity contribution in [3.63, 3.8) is 0 Å². The fourth-order valence-electron chi connectivity index (χ4n) is 4.07. The summed E-state index contributed by atoms with van der Waals surface area (Å²) in [5, 5.41) is 7.12. The van der Waals surface area contributed by atoms with Gasteiger partial charge in [-0.15, -0.1) is 0 Å². The first-order valence-corrected chi connectivity index (χ1v) is 10.4. The molecule has 3 heterocycles. The van der Waals surface area contributed by atoms with Crippen LogP contribution in [-0.2, 0) is 25.7 Å². The largest absolute Gasteiger partial charge is 0.490 e. The minimum absolute atomic E-state index is 0.0944. The first kappa shape index (κ1) is 24.4. The van der Waals surface area contributed by atoms with Gasteiger partial charge in [0, 0.05) is 31.3 Å². The molecule has 1 aromatic rings. The van der Waals surface area contributed by atoms with Crippen LogP contribution in [-0.4, -0.2) is 70.6 Å². The summed E-state index contributed by atoms with van der Waals surface area (Å²) >= 11 is 0. The third-order valence-corrected chi connectivity index (χ3v) is 5.81. The average molecular weight is 462 g/mol. The number of carbonyl (C=O) groups is 2. The van der Waals surface area contributed by atoms with Gasteiger partial charge >= 0.3 is 12.1 Å². The van der Waals surface area contributed by atoms with Gasteiger partial charge in [-0.25, -0.2) is 9.18 Å². The second kappa shape index (κ2) is 9.70. The Balaban J connectivity index is 0.000000360. The molecular formula is C21H26F4N2O5. The Hall–Kier alpha value is -2.27. The Labute approximate surface area is 182 Å². The lowest BCUT2D eigenvalue weighted by atomic mass is 9.79. The van der Waals surface area contributed by atoms with Crippen LogP contribution in [0.25, 0.3) is 0 Å². The van der Waals surface area contributed by atoms with Gasteiger partial charge in [0.15, 0.2) is 0 Å². The van der Waals surface area contributed by atoms with Gasteiger partial charge < -0.3 is 19.5 Å². The van der Waals surface area contributed by atoms with Crippen molar-refractivity contribution in [2.24, 2.45) is 5.92 Å². The number of hydrogen-bond donors (Lipinski definition) is 1. The molecule has 1 unspecified atom stereocenters. The number of pyridine rings is 1. The Morgan fingerprint density at radius 3 is 2.53 bits per heavy atom. The maximum atomic E-state index is 12.9. The fourth-order valence-corrected chi connectivity index (χ4v) is 4.07. The second-order valence-corrected chi connectivity index (χ2v) is 8.59. The normalized spacial score (nSPS) is 26.4. The molecule has 1 atom stereocenters. The van der Waals surface area contributed by atoms with E-state index >= 15 is 0 Å². The number of amides is 1. The summed E-state index contributed by atoms with van der Waals surface area (Å²) in [5.74, 6) is -2.78. The molecule has 1 aromatic heterocycles. The van der Waals surface area contributed by atoms with Crippen LogP contribution in [0.5, 0.6) is 0 Å². The SMILES string of the molecule is Cc1cncc(COC2CCOC3(C2)CN(C(=O)C2CC(F)C2)C3)c1.O=C(O)C(F)(F)F. The minimum Gasteiger partial charge on any atom is -0.475 e. The highest BCUT2D eigenvalue weighted by molar-refractivity contribution is 5.81. The molecule has 32 heavy (non-hydrogen) atoms. The van der Waals surface area contributed by atoms with Crippen LogP contribution in [0.3, 0.4) is 0 Å². The van der Waals surface area contributed by atoms with Gasteiger partial charge in [0.1, 0.15) is 11.8 Å². The molecule has 2 saturated heterocycles. The zero-order valence-corrected chi connectivity index (χ0v) is 17.6. The smallest absolute Gasteiger partial charge is 0.475 e. The maximum absolute atomic E-state index is 12.9. The summed E-state index contributed by atoms with van der Waals surface area (Å²) in [5.41, 5.74) is 1.95. The zero-order chi connectivity index (χ0) is 23.5. The first-order chi connectivity index (χ1) is 15.0. The monoisotopic (exact) mass is 462 g/mol. The lowest BCUT2D eigenvalue weighted by molar-refractivity contribution is -0.206. The van der Waals surface area contributed by atoms with Gasteiger partial charge in [-0.2, -0.15) is 13.2 Å². The van der Waals surface area contributed by atoms with E-state index in [2.05, 4.69) is 11.1 Å². The Kier molecular flexibility index (Phi) is 7.39. The number of aromatic nitrogens is 1. The summed E-state index contributed by atoms with van der Waals surface area (Å²) in [4.78, 5) is 27.2. The van der Waals surface area contributed by atoms with Crippen molar-refractivity contribution in [3.05, 3.63) is 29.6 Å². The number of ether oxygens (including phenoxy) is 2. The van der Waals surface area contributed by atoms with Crippen molar-refractivity contribution < 1.29 is 41.7 Å². The number of carboxylic acid groups (broad SMARTS) is 1. The highest BCUT2D eigenvalue weighted by Gasteiger charge is 2.51. The van der Waals surface area contributed by atoms with Crippen LogP contribution in [0.15, 0.2) is 18.5 Å². The van der Waals surface area contributed by atoms with E-state index in [4.69, 9.17) is 19.4 Å². The molecule has 3 fully saturated rings. The number of carbonyl (C=O) groups excluding carboxylic acids is 1. The summed E-state index contributed by atoms with van der Waals surface area (Å²) in [6, 6.07) is 2.09. The maximum Gasteiger partial charge on any atom is 0.490 e. The summed E-state index contributed by atoms with van der Waals surface area (Å²) in [7, 11) is 0. The highest BCUT2D eigenvalue weighted by Crippen LogP contribution is 2.39. The molecule has 0 bridgehead atoms. The van der Waals surface area contributed by atoms with E-state index in [9.17, 15) is 22.4 Å². The number of aliphatic carboxylic acids is 1. The average Bonchev–Trinajstić information content (AvgIpc) is 2.67. The number of rotatable bonds is 4. The summed E-state index contributed by atoms with van der Waals surface area (Å²) < 4.78 is 56.7. The highest BCUT2D eigenvalue weighted by atomic mass is 19.4. The van der Waals surface area contributed by atoms with Crippen LogP contribution in [0.4, 0.5) is 17.6 Å². The molecule has 1 amide bonds. The summed E-state index contributed by atoms with van der Waals surface area (Å²) in [6.07, 6.45) is 0.407. The number of aryl methyl sites for hydroxylation is 1. The molecule has 11 heteroatoms. The molecule has 3 aliphatic rings. The van der Waals surface area contributed by atoms with Gasteiger partial charge in [0.2, 0.25) is 5.91 Å². The van der Waals surface area contributed by atoms with E-state index in [1.807, 2.05) is 24.2 Å². The predicted octanol–water partition coefficient (Wildman–Crippen LogP) is 3.05. The Bertz CT molecular complexity index is 823. The topological polar surface area (TPSA) is 89.0 Å². The van der Waals surface area contributed by atoms with Crippen molar-refractivity contribution >= 4 is 11.9 Å². The molecule has 178 valence electrons.